The number of nitrogens with one attached hydrogen (secondary N) is 2. The van der Waals surface area contributed by atoms with E-state index in [-0.39, 0.29) is 18.2 Å². The van der Waals surface area contributed by atoms with Gasteiger partial charge in [-0.25, -0.2) is 0 Å². The van der Waals surface area contributed by atoms with Gasteiger partial charge >= 0.3 is 6.18 Å². The lowest BCUT2D eigenvalue weighted by molar-refractivity contribution is -0.142. The van der Waals surface area contributed by atoms with Gasteiger partial charge in [-0.05, 0) is 32.3 Å². The number of halogens is 3. The molecule has 154 valence electrons. The number of aromatic nitrogens is 4. The van der Waals surface area contributed by atoms with Crippen LogP contribution in [0.2, 0.25) is 0 Å². The number of fused-ring (bicyclic) bond motifs is 1. The highest BCUT2D eigenvalue weighted by atomic mass is 19.4. The average molecular weight is 397 g/mol. The molecule has 28 heavy (non-hydrogen) atoms. The summed E-state index contributed by atoms with van der Waals surface area (Å²) in [6, 6.07) is 0.443. The molecule has 0 bridgehead atoms. The molecule has 1 aliphatic carbocycles. The number of nitrogens with zero attached hydrogens (tertiary/aromatic N) is 5. The molecule has 1 aliphatic rings. The Balaban J connectivity index is 1.61. The number of aliphatic imine (C=N–C) groups is 1. The second-order valence-corrected chi connectivity index (χ2v) is 7.36. The van der Waals surface area contributed by atoms with Gasteiger partial charge in [-0.3, -0.25) is 14.4 Å². The Kier molecular flexibility index (Phi) is 5.66. The monoisotopic (exact) mass is 397 g/mol. The van der Waals surface area contributed by atoms with Gasteiger partial charge < -0.3 is 10.6 Å². The topological polar surface area (TPSA) is 72.1 Å². The average Bonchev–Trinajstić information content (AvgIpc) is 3.21. The Morgan fingerprint density at radius 1 is 1.32 bits per heavy atom. The van der Waals surface area contributed by atoms with Crippen molar-refractivity contribution >= 4 is 5.96 Å². The van der Waals surface area contributed by atoms with Crippen molar-refractivity contribution in [3.05, 3.63) is 34.9 Å². The maximum atomic E-state index is 13.1. The molecule has 0 saturated carbocycles. The summed E-state index contributed by atoms with van der Waals surface area (Å²) in [4.78, 5) is 4.15. The van der Waals surface area contributed by atoms with Crippen LogP contribution in [0.1, 0.15) is 48.8 Å². The van der Waals surface area contributed by atoms with Crippen LogP contribution in [0.3, 0.4) is 0 Å². The highest BCUT2D eigenvalue weighted by Crippen LogP contribution is 2.30. The minimum atomic E-state index is -4.48. The molecule has 2 aromatic rings. The summed E-state index contributed by atoms with van der Waals surface area (Å²) in [5, 5.41) is 14.4. The van der Waals surface area contributed by atoms with Crippen molar-refractivity contribution in [2.24, 2.45) is 12.0 Å². The van der Waals surface area contributed by atoms with Gasteiger partial charge in [0, 0.05) is 57.1 Å². The fraction of sp³-hybridized carbons (Fsp3) is 0.611. The molecule has 0 saturated heterocycles. The molecule has 2 N–H and O–H groups in total. The zero-order chi connectivity index (χ0) is 20.5. The van der Waals surface area contributed by atoms with Gasteiger partial charge in [-0.2, -0.15) is 23.4 Å². The number of guanidine groups is 1. The molecule has 2 heterocycles. The molecule has 0 spiro atoms. The number of alkyl halides is 3. The quantitative estimate of drug-likeness (QED) is 0.614. The molecule has 3 rings (SSSR count). The van der Waals surface area contributed by atoms with Crippen LogP contribution in [0.15, 0.2) is 17.4 Å². The third-order valence-corrected chi connectivity index (χ3v) is 4.81. The molecule has 10 heteroatoms. The Morgan fingerprint density at radius 3 is 2.71 bits per heavy atom. The predicted molar refractivity (Wildman–Crippen MR) is 100.0 cm³/mol. The minimum Gasteiger partial charge on any atom is -0.353 e. The van der Waals surface area contributed by atoms with E-state index >= 15 is 0 Å². The van der Waals surface area contributed by atoms with Gasteiger partial charge in [0.15, 0.2) is 11.7 Å². The van der Waals surface area contributed by atoms with Gasteiger partial charge in [-0.1, -0.05) is 0 Å². The van der Waals surface area contributed by atoms with Crippen LogP contribution in [0, 0.1) is 0 Å². The Morgan fingerprint density at radius 2 is 2.07 bits per heavy atom. The van der Waals surface area contributed by atoms with E-state index in [4.69, 9.17) is 0 Å². The van der Waals surface area contributed by atoms with Crippen LogP contribution < -0.4 is 10.6 Å². The first-order valence-corrected chi connectivity index (χ1v) is 9.31. The van der Waals surface area contributed by atoms with Gasteiger partial charge in [-0.15, -0.1) is 0 Å². The lowest BCUT2D eigenvalue weighted by Crippen LogP contribution is -2.45. The summed E-state index contributed by atoms with van der Waals surface area (Å²) in [5.74, 6) is 0.466. The highest BCUT2D eigenvalue weighted by Gasteiger charge is 2.36. The summed E-state index contributed by atoms with van der Waals surface area (Å²) in [7, 11) is 3.08. The lowest BCUT2D eigenvalue weighted by Gasteiger charge is -2.24. The van der Waals surface area contributed by atoms with Crippen molar-refractivity contribution < 1.29 is 13.2 Å². The third-order valence-electron chi connectivity index (χ3n) is 4.81. The van der Waals surface area contributed by atoms with Crippen molar-refractivity contribution in [3.8, 4) is 0 Å². The first-order valence-electron chi connectivity index (χ1n) is 9.31. The van der Waals surface area contributed by atoms with Crippen molar-refractivity contribution in [1.29, 1.82) is 0 Å². The number of hydrogen-bond acceptors (Lipinski definition) is 3. The first kappa shape index (κ1) is 20.2. The summed E-state index contributed by atoms with van der Waals surface area (Å²) in [6.45, 7) is 4.17. The van der Waals surface area contributed by atoms with Crippen molar-refractivity contribution in [2.75, 3.05) is 7.05 Å². The minimum absolute atomic E-state index is 0.0116. The molecule has 0 amide bonds. The Labute approximate surface area is 162 Å². The van der Waals surface area contributed by atoms with Crippen LogP contribution in [-0.2, 0) is 32.6 Å². The first-order chi connectivity index (χ1) is 13.2. The van der Waals surface area contributed by atoms with Crippen molar-refractivity contribution in [1.82, 2.24) is 30.2 Å². The highest BCUT2D eigenvalue weighted by molar-refractivity contribution is 5.80. The number of aryl methyl sites for hydroxylation is 2. The second kappa shape index (κ2) is 7.84. The molecular weight excluding hydrogens is 371 g/mol. The summed E-state index contributed by atoms with van der Waals surface area (Å²) in [5.41, 5.74) is 1.54. The maximum Gasteiger partial charge on any atom is 0.435 e. The van der Waals surface area contributed by atoms with Crippen LogP contribution in [0.5, 0.6) is 0 Å². The molecule has 0 fully saturated rings. The number of hydrogen-bond donors (Lipinski definition) is 2. The fourth-order valence-corrected chi connectivity index (χ4v) is 3.37. The van der Waals surface area contributed by atoms with E-state index in [1.165, 1.54) is 23.5 Å². The van der Waals surface area contributed by atoms with Crippen LogP contribution >= 0.6 is 0 Å². The molecule has 1 unspecified atom stereocenters. The van der Waals surface area contributed by atoms with Gasteiger partial charge in [0.05, 0.1) is 5.69 Å². The zero-order valence-corrected chi connectivity index (χ0v) is 16.5. The van der Waals surface area contributed by atoms with Crippen molar-refractivity contribution in [2.45, 2.75) is 57.9 Å². The Hall–Kier alpha value is -2.52. The van der Waals surface area contributed by atoms with E-state index in [9.17, 15) is 13.2 Å². The van der Waals surface area contributed by atoms with E-state index in [0.717, 1.165) is 25.0 Å². The van der Waals surface area contributed by atoms with Gasteiger partial charge in [0.25, 0.3) is 0 Å². The maximum absolute atomic E-state index is 13.1. The zero-order valence-electron chi connectivity index (χ0n) is 16.5. The van der Waals surface area contributed by atoms with Crippen LogP contribution in [0.4, 0.5) is 13.2 Å². The van der Waals surface area contributed by atoms with Crippen LogP contribution in [0.25, 0.3) is 0 Å². The smallest absolute Gasteiger partial charge is 0.353 e. The van der Waals surface area contributed by atoms with E-state index < -0.39 is 11.9 Å². The normalized spacial score (nSPS) is 17.7. The molecule has 1 atom stereocenters. The fourth-order valence-electron chi connectivity index (χ4n) is 3.37. The summed E-state index contributed by atoms with van der Waals surface area (Å²) in [6.07, 6.45) is 1.58. The van der Waals surface area contributed by atoms with E-state index in [1.54, 1.807) is 7.05 Å². The predicted octanol–water partition coefficient (Wildman–Crippen LogP) is 2.44. The summed E-state index contributed by atoms with van der Waals surface area (Å²) >= 11 is 0. The van der Waals surface area contributed by atoms with Crippen LogP contribution in [-0.4, -0.2) is 38.6 Å². The van der Waals surface area contributed by atoms with Gasteiger partial charge in [0.2, 0.25) is 0 Å². The molecule has 0 aromatic carbocycles. The molecule has 0 aliphatic heterocycles. The molecule has 7 nitrogen and oxygen atoms in total. The number of rotatable bonds is 4. The second-order valence-electron chi connectivity index (χ2n) is 7.36. The SMILES string of the molecule is CN=C(NCc1cn(C)nc1C(F)(F)F)NC1CCc2cn(C(C)C)nc2C1. The molecule has 0 radical (unpaired) electrons. The lowest BCUT2D eigenvalue weighted by atomic mass is 9.94. The van der Waals surface area contributed by atoms with Crippen molar-refractivity contribution in [3.63, 3.8) is 0 Å². The Bertz CT molecular complexity index is 848. The van der Waals surface area contributed by atoms with E-state index in [1.807, 2.05) is 4.68 Å². The summed E-state index contributed by atoms with van der Waals surface area (Å²) < 4.78 is 42.4. The van der Waals surface area contributed by atoms with Gasteiger partial charge in [0.1, 0.15) is 0 Å². The van der Waals surface area contributed by atoms with E-state index in [2.05, 4.69) is 45.9 Å². The molecular formula is C18H26F3N7. The van der Waals surface area contributed by atoms with E-state index in [0.29, 0.717) is 12.0 Å². The largest absolute Gasteiger partial charge is 0.435 e. The molecule has 2 aromatic heterocycles. The standard InChI is InChI=1S/C18H26F3N7/c1-11(2)28-10-12-5-6-14(7-15(12)25-28)24-17(22-3)23-8-13-9-27(4)26-16(13)18(19,20)21/h9-11,14H,5-8H2,1-4H3,(H2,22,23,24). The third kappa shape index (κ3) is 4.48.